The molecule has 120 valence electrons. The number of ether oxygens (including phenoxy) is 1. The molecule has 2 aliphatic rings. The highest BCUT2D eigenvalue weighted by molar-refractivity contribution is 5.84. The topological polar surface area (TPSA) is 49.9 Å². The highest BCUT2D eigenvalue weighted by Crippen LogP contribution is 2.24. The summed E-state index contributed by atoms with van der Waals surface area (Å²) in [6.07, 6.45) is 3.69. The lowest BCUT2D eigenvalue weighted by Crippen LogP contribution is -2.51. The molecule has 2 saturated heterocycles. The van der Waals surface area contributed by atoms with Crippen LogP contribution in [0, 0.1) is 5.92 Å². The van der Waals surface area contributed by atoms with E-state index in [9.17, 15) is 9.59 Å². The van der Waals surface area contributed by atoms with Crippen molar-refractivity contribution < 1.29 is 14.3 Å². The van der Waals surface area contributed by atoms with E-state index in [2.05, 4.69) is 6.92 Å². The number of rotatable bonds is 1. The Morgan fingerprint density at radius 2 is 1.67 bits per heavy atom. The van der Waals surface area contributed by atoms with E-state index in [1.807, 2.05) is 25.7 Å². The minimum Gasteiger partial charge on any atom is -0.458 e. The van der Waals surface area contributed by atoms with Crippen molar-refractivity contribution in [1.29, 1.82) is 0 Å². The minimum absolute atomic E-state index is 0.00950. The summed E-state index contributed by atoms with van der Waals surface area (Å²) < 4.78 is 5.46. The van der Waals surface area contributed by atoms with Crippen molar-refractivity contribution in [3.8, 4) is 0 Å². The molecule has 2 aliphatic heterocycles. The molecule has 2 amide bonds. The smallest absolute Gasteiger partial charge is 0.329 e. The summed E-state index contributed by atoms with van der Waals surface area (Å²) in [5, 5.41) is 0. The molecule has 5 nitrogen and oxygen atoms in total. The zero-order valence-electron chi connectivity index (χ0n) is 13.7. The van der Waals surface area contributed by atoms with E-state index in [0.717, 1.165) is 32.4 Å². The van der Waals surface area contributed by atoms with Crippen LogP contribution in [0.15, 0.2) is 0 Å². The first-order valence-electron chi connectivity index (χ1n) is 8.06. The van der Waals surface area contributed by atoms with Crippen molar-refractivity contribution >= 4 is 12.0 Å². The Hall–Kier alpha value is -1.26. The second-order valence-corrected chi connectivity index (χ2v) is 7.34. The zero-order valence-corrected chi connectivity index (χ0v) is 13.7. The van der Waals surface area contributed by atoms with Gasteiger partial charge in [-0.25, -0.2) is 9.59 Å². The van der Waals surface area contributed by atoms with Gasteiger partial charge >= 0.3 is 12.0 Å². The van der Waals surface area contributed by atoms with E-state index >= 15 is 0 Å². The Labute approximate surface area is 127 Å². The Morgan fingerprint density at radius 3 is 2.24 bits per heavy atom. The van der Waals surface area contributed by atoms with Gasteiger partial charge in [-0.3, -0.25) is 0 Å². The van der Waals surface area contributed by atoms with Crippen LogP contribution in [0.1, 0.15) is 53.4 Å². The number of carbonyl (C=O) groups is 2. The SMILES string of the molecule is CC1CCN(C(=O)N2CCC[C@H]2C(=O)OC(C)(C)C)CC1. The first kappa shape index (κ1) is 16.1. The maximum Gasteiger partial charge on any atom is 0.329 e. The summed E-state index contributed by atoms with van der Waals surface area (Å²) in [6, 6.07) is -0.397. The van der Waals surface area contributed by atoms with E-state index in [1.54, 1.807) is 4.90 Å². The van der Waals surface area contributed by atoms with Crippen molar-refractivity contribution in [2.45, 2.75) is 65.0 Å². The lowest BCUT2D eigenvalue weighted by atomic mass is 9.99. The van der Waals surface area contributed by atoms with Crippen LogP contribution in [0.5, 0.6) is 0 Å². The van der Waals surface area contributed by atoms with Gasteiger partial charge in [-0.1, -0.05) is 6.92 Å². The summed E-state index contributed by atoms with van der Waals surface area (Å²) in [4.78, 5) is 28.5. The fraction of sp³-hybridized carbons (Fsp3) is 0.875. The van der Waals surface area contributed by atoms with Crippen LogP contribution in [-0.2, 0) is 9.53 Å². The van der Waals surface area contributed by atoms with Crippen LogP contribution in [0.2, 0.25) is 0 Å². The molecule has 0 bridgehead atoms. The Morgan fingerprint density at radius 1 is 1.05 bits per heavy atom. The quantitative estimate of drug-likeness (QED) is 0.699. The van der Waals surface area contributed by atoms with Crippen molar-refractivity contribution in [1.82, 2.24) is 9.80 Å². The molecule has 0 N–H and O–H groups in total. The first-order valence-corrected chi connectivity index (χ1v) is 8.06. The average Bonchev–Trinajstić information content (AvgIpc) is 2.86. The van der Waals surface area contributed by atoms with Crippen molar-refractivity contribution in [3.63, 3.8) is 0 Å². The lowest BCUT2D eigenvalue weighted by Gasteiger charge is -2.35. The highest BCUT2D eigenvalue weighted by Gasteiger charge is 2.39. The summed E-state index contributed by atoms with van der Waals surface area (Å²) in [5.74, 6) is 0.424. The van der Waals surface area contributed by atoms with Gasteiger partial charge in [0.25, 0.3) is 0 Å². The molecule has 0 spiro atoms. The van der Waals surface area contributed by atoms with E-state index < -0.39 is 11.6 Å². The maximum atomic E-state index is 12.6. The summed E-state index contributed by atoms with van der Waals surface area (Å²) in [7, 11) is 0. The number of urea groups is 1. The normalized spacial score (nSPS) is 24.3. The van der Waals surface area contributed by atoms with Crippen LogP contribution in [0.4, 0.5) is 4.79 Å². The third kappa shape index (κ3) is 4.11. The molecule has 2 heterocycles. The van der Waals surface area contributed by atoms with Gasteiger partial charge in [-0.2, -0.15) is 0 Å². The largest absolute Gasteiger partial charge is 0.458 e. The van der Waals surface area contributed by atoms with Gasteiger partial charge in [0.1, 0.15) is 11.6 Å². The van der Waals surface area contributed by atoms with Gasteiger partial charge in [0.2, 0.25) is 0 Å². The number of piperidine rings is 1. The van der Waals surface area contributed by atoms with E-state index in [-0.39, 0.29) is 12.0 Å². The Bertz CT molecular complexity index is 395. The molecule has 2 rings (SSSR count). The van der Waals surface area contributed by atoms with Crippen molar-refractivity contribution in [2.75, 3.05) is 19.6 Å². The summed E-state index contributed by atoms with van der Waals surface area (Å²) in [6.45, 7) is 10.1. The van der Waals surface area contributed by atoms with Gasteiger partial charge in [0.15, 0.2) is 0 Å². The third-order valence-electron chi connectivity index (χ3n) is 4.23. The van der Waals surface area contributed by atoms with Gasteiger partial charge < -0.3 is 14.5 Å². The number of carbonyl (C=O) groups excluding carboxylic acids is 2. The third-order valence-corrected chi connectivity index (χ3v) is 4.23. The van der Waals surface area contributed by atoms with Crippen molar-refractivity contribution in [2.24, 2.45) is 5.92 Å². The predicted octanol–water partition coefficient (Wildman–Crippen LogP) is 2.64. The lowest BCUT2D eigenvalue weighted by molar-refractivity contribution is -0.159. The molecular formula is C16H28N2O3. The maximum absolute atomic E-state index is 12.6. The van der Waals surface area contributed by atoms with Crippen LogP contribution < -0.4 is 0 Å². The molecule has 0 aromatic carbocycles. The molecule has 0 saturated carbocycles. The fourth-order valence-corrected chi connectivity index (χ4v) is 2.99. The number of likely N-dealkylation sites (tertiary alicyclic amines) is 2. The molecule has 0 aliphatic carbocycles. The zero-order chi connectivity index (χ0) is 15.6. The van der Waals surface area contributed by atoms with Gasteiger partial charge in [0, 0.05) is 19.6 Å². The predicted molar refractivity (Wildman–Crippen MR) is 80.9 cm³/mol. The second kappa shape index (κ2) is 6.24. The summed E-state index contributed by atoms with van der Waals surface area (Å²) >= 11 is 0. The monoisotopic (exact) mass is 296 g/mol. The van der Waals surface area contributed by atoms with E-state index in [4.69, 9.17) is 4.74 Å². The van der Waals surface area contributed by atoms with E-state index in [0.29, 0.717) is 18.9 Å². The van der Waals surface area contributed by atoms with Gasteiger partial charge in [0.05, 0.1) is 0 Å². The van der Waals surface area contributed by atoms with Crippen LogP contribution in [0.25, 0.3) is 0 Å². The van der Waals surface area contributed by atoms with Crippen molar-refractivity contribution in [3.05, 3.63) is 0 Å². The molecule has 0 aromatic heterocycles. The molecule has 1 atom stereocenters. The molecule has 5 heteroatoms. The van der Waals surface area contributed by atoms with Gasteiger partial charge in [-0.15, -0.1) is 0 Å². The van der Waals surface area contributed by atoms with Gasteiger partial charge in [-0.05, 0) is 52.4 Å². The molecule has 0 unspecified atom stereocenters. The second-order valence-electron chi connectivity index (χ2n) is 7.34. The molecular weight excluding hydrogens is 268 g/mol. The van der Waals surface area contributed by atoms with E-state index in [1.165, 1.54) is 0 Å². The van der Waals surface area contributed by atoms with Crippen LogP contribution >= 0.6 is 0 Å². The molecule has 21 heavy (non-hydrogen) atoms. The number of nitrogens with zero attached hydrogens (tertiary/aromatic N) is 2. The average molecular weight is 296 g/mol. The minimum atomic E-state index is -0.505. The molecule has 0 aromatic rings. The number of hydrogen-bond acceptors (Lipinski definition) is 3. The Balaban J connectivity index is 1.98. The Kier molecular flexibility index (Phi) is 4.79. The number of hydrogen-bond donors (Lipinski definition) is 0. The number of amides is 2. The summed E-state index contributed by atoms with van der Waals surface area (Å²) in [5.41, 5.74) is -0.505. The highest BCUT2D eigenvalue weighted by atomic mass is 16.6. The van der Waals surface area contributed by atoms with Crippen LogP contribution in [-0.4, -0.2) is 53.1 Å². The van der Waals surface area contributed by atoms with Crippen LogP contribution in [0.3, 0.4) is 0 Å². The first-order chi connectivity index (χ1) is 9.78. The standard InChI is InChI=1S/C16H28N2O3/c1-12-7-10-17(11-8-12)15(20)18-9-5-6-13(18)14(19)21-16(2,3)4/h12-13H,5-11H2,1-4H3/t13-/m0/s1. The molecule has 2 fully saturated rings. The fourth-order valence-electron chi connectivity index (χ4n) is 2.99. The molecule has 0 radical (unpaired) electrons. The number of esters is 1.